The highest BCUT2D eigenvalue weighted by molar-refractivity contribution is 8.24. The van der Waals surface area contributed by atoms with Crippen molar-refractivity contribution in [2.24, 2.45) is 0 Å². The number of nitrogens with zero attached hydrogens (tertiary/aromatic N) is 3. The number of aromatic nitrogens is 1. The number of hydrogen-bond donors (Lipinski definition) is 2. The molecule has 2 aliphatic heterocycles. The summed E-state index contributed by atoms with van der Waals surface area (Å²) < 4.78 is 19.6. The van der Waals surface area contributed by atoms with E-state index in [2.05, 4.69) is 40.1 Å². The van der Waals surface area contributed by atoms with Gasteiger partial charge >= 0.3 is 0 Å². The number of rotatable bonds is 2. The Bertz CT molecular complexity index is 760. The number of benzene rings is 1. The topological polar surface area (TPSA) is 59.8 Å². The minimum atomic E-state index is -2.28. The fourth-order valence-corrected chi connectivity index (χ4v) is 5.58. The standard InChI is InChI=1S/C19H27N3O2S.2ClH/c1-15-5-6-16-3-2-4-18(19(16)20-15)22-11-9-21(10-12-22)17-7-13-25(23,24)14-8-17;;/h2-6,17,23-24H,7-14H2,1H3;2*1H. The maximum Gasteiger partial charge on any atom is 0.0938 e. The summed E-state index contributed by atoms with van der Waals surface area (Å²) in [4.78, 5) is 9.75. The molecule has 8 heteroatoms. The molecule has 1 aromatic carbocycles. The van der Waals surface area contributed by atoms with Crippen molar-refractivity contribution < 1.29 is 9.11 Å². The van der Waals surface area contributed by atoms with Crippen molar-refractivity contribution in [3.8, 4) is 0 Å². The molecule has 2 aromatic rings. The summed E-state index contributed by atoms with van der Waals surface area (Å²) in [6.07, 6.45) is 1.83. The summed E-state index contributed by atoms with van der Waals surface area (Å²) in [5, 5.41) is 1.20. The van der Waals surface area contributed by atoms with Gasteiger partial charge in [-0.2, -0.15) is 10.6 Å². The molecular formula is C19H29Cl2N3O2S. The van der Waals surface area contributed by atoms with Crippen LogP contribution in [-0.4, -0.2) is 62.7 Å². The Hall–Kier alpha value is -0.760. The first-order valence-corrected chi connectivity index (χ1v) is 11.0. The van der Waals surface area contributed by atoms with Crippen molar-refractivity contribution in [1.29, 1.82) is 0 Å². The largest absolute Gasteiger partial charge is 0.367 e. The van der Waals surface area contributed by atoms with Gasteiger partial charge in [0.25, 0.3) is 0 Å². The van der Waals surface area contributed by atoms with Gasteiger partial charge in [-0.3, -0.25) is 19.0 Å². The molecule has 3 heterocycles. The van der Waals surface area contributed by atoms with E-state index in [9.17, 15) is 9.11 Å². The third kappa shape index (κ3) is 5.00. The van der Waals surface area contributed by atoms with Crippen molar-refractivity contribution in [2.75, 3.05) is 42.6 Å². The second kappa shape index (κ2) is 9.16. The van der Waals surface area contributed by atoms with Crippen LogP contribution >= 0.6 is 35.4 Å². The molecule has 2 aliphatic rings. The van der Waals surface area contributed by atoms with E-state index in [1.165, 1.54) is 11.1 Å². The Labute approximate surface area is 175 Å². The molecular weight excluding hydrogens is 405 g/mol. The number of aryl methyl sites for hydroxylation is 1. The zero-order valence-electron chi connectivity index (χ0n) is 15.6. The van der Waals surface area contributed by atoms with Gasteiger partial charge in [-0.25, -0.2) is 0 Å². The molecule has 0 atom stereocenters. The SMILES string of the molecule is Cc1ccc2cccc(N3CCN(C4CCS(O)(O)CC4)CC3)c2n1.Cl.Cl. The molecule has 0 radical (unpaired) electrons. The van der Waals surface area contributed by atoms with Crippen LogP contribution in [0.25, 0.3) is 10.9 Å². The lowest BCUT2D eigenvalue weighted by atomic mass is 10.1. The maximum atomic E-state index is 9.81. The van der Waals surface area contributed by atoms with Crippen molar-refractivity contribution in [3.63, 3.8) is 0 Å². The molecule has 152 valence electrons. The molecule has 2 N–H and O–H groups in total. The summed E-state index contributed by atoms with van der Waals surface area (Å²) in [7, 11) is -2.28. The Morgan fingerprint density at radius 1 is 0.963 bits per heavy atom. The molecule has 0 bridgehead atoms. The molecule has 0 aliphatic carbocycles. The monoisotopic (exact) mass is 433 g/mol. The summed E-state index contributed by atoms with van der Waals surface area (Å²) in [5.41, 5.74) is 3.39. The van der Waals surface area contributed by atoms with Crippen LogP contribution in [0.1, 0.15) is 18.5 Å². The number of pyridine rings is 1. The molecule has 2 saturated heterocycles. The van der Waals surface area contributed by atoms with E-state index in [0.717, 1.165) is 50.2 Å². The van der Waals surface area contributed by atoms with E-state index in [1.807, 2.05) is 6.92 Å². The van der Waals surface area contributed by atoms with E-state index in [-0.39, 0.29) is 24.8 Å². The van der Waals surface area contributed by atoms with Gasteiger partial charge in [-0.15, -0.1) is 24.8 Å². The fraction of sp³-hybridized carbons (Fsp3) is 0.526. The Kier molecular flexibility index (Phi) is 7.64. The van der Waals surface area contributed by atoms with Crippen LogP contribution < -0.4 is 4.90 Å². The smallest absolute Gasteiger partial charge is 0.0938 e. The van der Waals surface area contributed by atoms with Crippen LogP contribution in [0.4, 0.5) is 5.69 Å². The molecule has 2 fully saturated rings. The van der Waals surface area contributed by atoms with E-state index in [1.54, 1.807) is 0 Å². The summed E-state index contributed by atoms with van der Waals surface area (Å²) in [6, 6.07) is 11.2. The molecule has 0 unspecified atom stereocenters. The van der Waals surface area contributed by atoms with Crippen LogP contribution in [0, 0.1) is 6.92 Å². The normalized spacial score (nSPS) is 22.0. The van der Waals surface area contributed by atoms with Crippen molar-refractivity contribution >= 4 is 52.0 Å². The quantitative estimate of drug-likeness (QED) is 0.733. The zero-order valence-corrected chi connectivity index (χ0v) is 18.0. The van der Waals surface area contributed by atoms with E-state index >= 15 is 0 Å². The number of anilines is 1. The van der Waals surface area contributed by atoms with E-state index in [0.29, 0.717) is 17.5 Å². The highest BCUT2D eigenvalue weighted by Gasteiger charge is 2.30. The Balaban J connectivity index is 0.00000131. The number of halogens is 2. The zero-order chi connectivity index (χ0) is 17.4. The molecule has 0 spiro atoms. The first-order chi connectivity index (χ1) is 12.0. The van der Waals surface area contributed by atoms with E-state index < -0.39 is 10.6 Å². The van der Waals surface area contributed by atoms with Crippen LogP contribution in [0.2, 0.25) is 0 Å². The fourth-order valence-electron chi connectivity index (χ4n) is 4.07. The third-order valence-corrected chi connectivity index (χ3v) is 7.34. The number of hydrogen-bond acceptors (Lipinski definition) is 5. The average molecular weight is 434 g/mol. The lowest BCUT2D eigenvalue weighted by molar-refractivity contribution is 0.171. The molecule has 27 heavy (non-hydrogen) atoms. The van der Waals surface area contributed by atoms with Gasteiger partial charge in [0.15, 0.2) is 0 Å². The van der Waals surface area contributed by atoms with Gasteiger partial charge in [0, 0.05) is 54.8 Å². The van der Waals surface area contributed by atoms with Crippen molar-refractivity contribution in [1.82, 2.24) is 9.88 Å². The van der Waals surface area contributed by atoms with Gasteiger partial charge in [0.2, 0.25) is 0 Å². The molecule has 1 aromatic heterocycles. The van der Waals surface area contributed by atoms with Crippen molar-refractivity contribution in [3.05, 3.63) is 36.0 Å². The average Bonchev–Trinajstić information content (AvgIpc) is 2.61. The first kappa shape index (κ1) is 22.5. The Morgan fingerprint density at radius 3 is 2.30 bits per heavy atom. The molecule has 0 amide bonds. The maximum absolute atomic E-state index is 9.81. The predicted molar refractivity (Wildman–Crippen MR) is 120 cm³/mol. The minimum absolute atomic E-state index is 0. The van der Waals surface area contributed by atoms with E-state index in [4.69, 9.17) is 4.98 Å². The second-order valence-electron chi connectivity index (χ2n) is 7.27. The summed E-state index contributed by atoms with van der Waals surface area (Å²) in [6.45, 7) is 6.11. The lowest BCUT2D eigenvalue weighted by Gasteiger charge is -2.46. The van der Waals surface area contributed by atoms with Crippen LogP contribution in [0.15, 0.2) is 30.3 Å². The highest BCUT2D eigenvalue weighted by Crippen LogP contribution is 2.45. The van der Waals surface area contributed by atoms with Gasteiger partial charge in [0.05, 0.1) is 11.2 Å². The minimum Gasteiger partial charge on any atom is -0.367 e. The molecule has 4 rings (SSSR count). The third-order valence-electron chi connectivity index (χ3n) is 5.57. The highest BCUT2D eigenvalue weighted by atomic mass is 35.5. The van der Waals surface area contributed by atoms with Gasteiger partial charge < -0.3 is 4.90 Å². The summed E-state index contributed by atoms with van der Waals surface area (Å²) in [5.74, 6) is 1.15. The van der Waals surface area contributed by atoms with Crippen LogP contribution in [0.5, 0.6) is 0 Å². The molecule has 0 saturated carbocycles. The number of piperazine rings is 1. The summed E-state index contributed by atoms with van der Waals surface area (Å²) >= 11 is 0. The number of fused-ring (bicyclic) bond motifs is 1. The second-order valence-corrected chi connectivity index (χ2v) is 9.69. The lowest BCUT2D eigenvalue weighted by Crippen LogP contribution is -2.52. The number of para-hydroxylation sites is 1. The molecule has 5 nitrogen and oxygen atoms in total. The van der Waals surface area contributed by atoms with Crippen LogP contribution in [-0.2, 0) is 0 Å². The predicted octanol–water partition coefficient (Wildman–Crippen LogP) is 4.42. The van der Waals surface area contributed by atoms with Crippen LogP contribution in [0.3, 0.4) is 0 Å². The first-order valence-electron chi connectivity index (χ1n) is 9.11. The van der Waals surface area contributed by atoms with Crippen molar-refractivity contribution in [2.45, 2.75) is 25.8 Å². The van der Waals surface area contributed by atoms with Gasteiger partial charge in [-0.05, 0) is 31.9 Å². The van der Waals surface area contributed by atoms with Gasteiger partial charge in [0.1, 0.15) is 0 Å². The Morgan fingerprint density at radius 2 is 1.63 bits per heavy atom. The van der Waals surface area contributed by atoms with Gasteiger partial charge in [-0.1, -0.05) is 18.2 Å².